The molecule has 3 aromatic rings. The summed E-state index contributed by atoms with van der Waals surface area (Å²) in [6, 6.07) is 6.39. The molecule has 4 heterocycles. The van der Waals surface area contributed by atoms with Crippen LogP contribution in [0.3, 0.4) is 0 Å². The average Bonchev–Trinajstić information content (AvgIpc) is 3.04. The Morgan fingerprint density at radius 1 is 1.00 bits per heavy atom. The highest BCUT2D eigenvalue weighted by molar-refractivity contribution is 5.53. The van der Waals surface area contributed by atoms with Crippen molar-refractivity contribution in [1.82, 2.24) is 29.8 Å². The standard InChI is InChI=1S/C19H27N9/c1-19(2,3)18-23-22-14-7-8-15(24-28(14)18)27-10-13(11-27)26(6)17-9-16(25(4)5)20-12-21-17/h7-9,12-13H,10-11H2,1-6H3. The first-order valence-electron chi connectivity index (χ1n) is 9.44. The molecule has 0 unspecified atom stereocenters. The third-order valence-electron chi connectivity index (χ3n) is 5.11. The largest absolute Gasteiger partial charge is 0.363 e. The van der Waals surface area contributed by atoms with E-state index < -0.39 is 0 Å². The Kier molecular flexibility index (Phi) is 4.32. The number of hydrogen-bond acceptors (Lipinski definition) is 8. The van der Waals surface area contributed by atoms with Crippen molar-refractivity contribution in [3.63, 3.8) is 0 Å². The molecule has 9 nitrogen and oxygen atoms in total. The molecule has 0 atom stereocenters. The number of anilines is 3. The maximum atomic E-state index is 4.79. The van der Waals surface area contributed by atoms with E-state index in [2.05, 4.69) is 57.8 Å². The molecule has 0 aromatic carbocycles. The highest BCUT2D eigenvalue weighted by atomic mass is 15.4. The highest BCUT2D eigenvalue weighted by Crippen LogP contribution is 2.26. The van der Waals surface area contributed by atoms with Gasteiger partial charge in [-0.15, -0.1) is 15.3 Å². The van der Waals surface area contributed by atoms with Gasteiger partial charge >= 0.3 is 0 Å². The Bertz CT molecular complexity index is 982. The van der Waals surface area contributed by atoms with Gasteiger partial charge in [-0.1, -0.05) is 20.8 Å². The maximum Gasteiger partial charge on any atom is 0.178 e. The number of rotatable bonds is 4. The van der Waals surface area contributed by atoms with Crippen molar-refractivity contribution in [2.45, 2.75) is 32.2 Å². The van der Waals surface area contributed by atoms with Crippen LogP contribution >= 0.6 is 0 Å². The molecular weight excluding hydrogens is 354 g/mol. The minimum absolute atomic E-state index is 0.111. The van der Waals surface area contributed by atoms with Crippen LogP contribution in [0.4, 0.5) is 17.5 Å². The molecule has 0 aliphatic carbocycles. The van der Waals surface area contributed by atoms with Crippen LogP contribution in [-0.2, 0) is 5.41 Å². The summed E-state index contributed by atoms with van der Waals surface area (Å²) in [6.07, 6.45) is 1.62. The summed E-state index contributed by atoms with van der Waals surface area (Å²) >= 11 is 0. The lowest BCUT2D eigenvalue weighted by Crippen LogP contribution is -2.59. The van der Waals surface area contributed by atoms with Gasteiger partial charge in [-0.25, -0.2) is 9.97 Å². The second-order valence-electron chi connectivity index (χ2n) is 8.53. The van der Waals surface area contributed by atoms with E-state index in [0.29, 0.717) is 6.04 Å². The molecule has 28 heavy (non-hydrogen) atoms. The molecule has 0 spiro atoms. The molecule has 0 bridgehead atoms. The van der Waals surface area contributed by atoms with Gasteiger partial charge in [-0.2, -0.15) is 4.52 Å². The van der Waals surface area contributed by atoms with E-state index in [-0.39, 0.29) is 5.41 Å². The van der Waals surface area contributed by atoms with E-state index in [1.54, 1.807) is 6.33 Å². The van der Waals surface area contributed by atoms with Crippen LogP contribution in [0.2, 0.25) is 0 Å². The van der Waals surface area contributed by atoms with Crippen molar-refractivity contribution in [2.24, 2.45) is 0 Å². The van der Waals surface area contributed by atoms with Crippen LogP contribution in [0.15, 0.2) is 24.5 Å². The van der Waals surface area contributed by atoms with Gasteiger partial charge in [-0.05, 0) is 12.1 Å². The molecule has 148 valence electrons. The third-order valence-corrected chi connectivity index (χ3v) is 5.11. The van der Waals surface area contributed by atoms with Crippen LogP contribution in [0.25, 0.3) is 5.65 Å². The number of fused-ring (bicyclic) bond motifs is 1. The van der Waals surface area contributed by atoms with Gasteiger partial charge in [0.2, 0.25) is 0 Å². The van der Waals surface area contributed by atoms with Gasteiger partial charge in [0, 0.05) is 45.7 Å². The molecule has 0 amide bonds. The van der Waals surface area contributed by atoms with E-state index in [1.165, 1.54) is 0 Å². The Morgan fingerprint density at radius 2 is 1.71 bits per heavy atom. The van der Waals surface area contributed by atoms with Crippen molar-refractivity contribution in [1.29, 1.82) is 0 Å². The average molecular weight is 381 g/mol. The zero-order valence-electron chi connectivity index (χ0n) is 17.3. The lowest BCUT2D eigenvalue weighted by molar-refractivity contribution is 0.483. The van der Waals surface area contributed by atoms with Gasteiger partial charge in [0.1, 0.15) is 23.8 Å². The molecule has 1 aliphatic heterocycles. The molecule has 0 saturated carbocycles. The molecular formula is C19H27N9. The smallest absolute Gasteiger partial charge is 0.178 e. The van der Waals surface area contributed by atoms with Crippen LogP contribution in [0.5, 0.6) is 0 Å². The van der Waals surface area contributed by atoms with Gasteiger partial charge in [-0.3, -0.25) is 0 Å². The van der Waals surface area contributed by atoms with E-state index >= 15 is 0 Å². The SMILES string of the molecule is CN(C)c1cc(N(C)C2CN(c3ccc4nnc(C(C)(C)C)n4n3)C2)ncn1. The third kappa shape index (κ3) is 3.21. The quantitative estimate of drug-likeness (QED) is 0.674. The summed E-state index contributed by atoms with van der Waals surface area (Å²) in [7, 11) is 6.05. The molecule has 0 radical (unpaired) electrons. The summed E-state index contributed by atoms with van der Waals surface area (Å²) in [5.41, 5.74) is 0.667. The fraction of sp³-hybridized carbons (Fsp3) is 0.526. The first-order chi connectivity index (χ1) is 13.2. The highest BCUT2D eigenvalue weighted by Gasteiger charge is 2.32. The first kappa shape index (κ1) is 18.4. The summed E-state index contributed by atoms with van der Waals surface area (Å²) < 4.78 is 1.86. The second kappa shape index (κ2) is 6.57. The van der Waals surface area contributed by atoms with E-state index in [0.717, 1.165) is 42.0 Å². The fourth-order valence-electron chi connectivity index (χ4n) is 3.26. The molecule has 1 saturated heterocycles. The van der Waals surface area contributed by atoms with Gasteiger partial charge in [0.25, 0.3) is 0 Å². The molecule has 9 heteroatoms. The second-order valence-corrected chi connectivity index (χ2v) is 8.53. The molecule has 1 fully saturated rings. The Balaban J connectivity index is 1.50. The van der Waals surface area contributed by atoms with Crippen molar-refractivity contribution < 1.29 is 0 Å². The Morgan fingerprint density at radius 3 is 2.39 bits per heavy atom. The zero-order chi connectivity index (χ0) is 20.1. The summed E-state index contributed by atoms with van der Waals surface area (Å²) in [5, 5.41) is 13.4. The van der Waals surface area contributed by atoms with E-state index in [1.807, 2.05) is 41.7 Å². The summed E-state index contributed by atoms with van der Waals surface area (Å²) in [6.45, 7) is 8.15. The van der Waals surface area contributed by atoms with Crippen LogP contribution in [0.1, 0.15) is 26.6 Å². The summed E-state index contributed by atoms with van der Waals surface area (Å²) in [5.74, 6) is 3.65. The number of aromatic nitrogens is 6. The van der Waals surface area contributed by atoms with E-state index in [9.17, 15) is 0 Å². The lowest BCUT2D eigenvalue weighted by Gasteiger charge is -2.45. The predicted octanol–water partition coefficient (Wildman–Crippen LogP) is 1.60. The predicted molar refractivity (Wildman–Crippen MR) is 110 cm³/mol. The van der Waals surface area contributed by atoms with Crippen LogP contribution in [-0.4, -0.2) is 70.1 Å². The lowest BCUT2D eigenvalue weighted by atomic mass is 9.96. The number of likely N-dealkylation sites (N-methyl/N-ethyl adjacent to an activating group) is 1. The summed E-state index contributed by atoms with van der Waals surface area (Å²) in [4.78, 5) is 15.2. The maximum absolute atomic E-state index is 4.79. The van der Waals surface area contributed by atoms with Crippen molar-refractivity contribution in [3.05, 3.63) is 30.4 Å². The van der Waals surface area contributed by atoms with Crippen molar-refractivity contribution in [3.8, 4) is 0 Å². The Labute approximate surface area is 165 Å². The zero-order valence-corrected chi connectivity index (χ0v) is 17.3. The van der Waals surface area contributed by atoms with Crippen LogP contribution in [0, 0.1) is 0 Å². The minimum atomic E-state index is -0.111. The van der Waals surface area contributed by atoms with Crippen molar-refractivity contribution in [2.75, 3.05) is 48.9 Å². The first-order valence-corrected chi connectivity index (χ1v) is 9.44. The van der Waals surface area contributed by atoms with Gasteiger partial charge in [0.05, 0.1) is 6.04 Å². The topological polar surface area (TPSA) is 78.6 Å². The molecule has 3 aromatic heterocycles. The minimum Gasteiger partial charge on any atom is -0.363 e. The van der Waals surface area contributed by atoms with Crippen molar-refractivity contribution >= 4 is 23.1 Å². The Hall–Kier alpha value is -2.97. The van der Waals surface area contributed by atoms with Crippen LogP contribution < -0.4 is 14.7 Å². The molecule has 4 rings (SSSR count). The monoisotopic (exact) mass is 381 g/mol. The van der Waals surface area contributed by atoms with E-state index in [4.69, 9.17) is 5.10 Å². The number of hydrogen-bond donors (Lipinski definition) is 0. The number of nitrogens with zero attached hydrogens (tertiary/aromatic N) is 9. The van der Waals surface area contributed by atoms with Gasteiger partial charge < -0.3 is 14.7 Å². The fourth-order valence-corrected chi connectivity index (χ4v) is 3.26. The molecule has 0 N–H and O–H groups in total. The molecule has 1 aliphatic rings. The normalized spacial score (nSPS) is 15.0. The van der Waals surface area contributed by atoms with Gasteiger partial charge in [0.15, 0.2) is 11.5 Å².